The minimum Gasteiger partial charge on any atom is -0.355 e. The highest BCUT2D eigenvalue weighted by molar-refractivity contribution is 9.10. The van der Waals surface area contributed by atoms with Gasteiger partial charge in [0.25, 0.3) is 0 Å². The van der Waals surface area contributed by atoms with Crippen LogP contribution in [0.5, 0.6) is 0 Å². The first kappa shape index (κ1) is 12.0. The number of aromatic nitrogens is 1. The molecule has 0 N–H and O–H groups in total. The molecule has 1 aromatic rings. The van der Waals surface area contributed by atoms with Crippen LogP contribution in [0.4, 0.5) is 0 Å². The predicted octanol–water partition coefficient (Wildman–Crippen LogP) is 2.56. The highest BCUT2D eigenvalue weighted by Gasteiger charge is 2.05. The van der Waals surface area contributed by atoms with Crippen molar-refractivity contribution in [3.8, 4) is 0 Å². The number of nitrogens with zero attached hydrogens (tertiary/aromatic N) is 1. The summed E-state index contributed by atoms with van der Waals surface area (Å²) in [6.07, 6.45) is 3.41. The molecule has 0 saturated heterocycles. The molecule has 1 aromatic heterocycles. The van der Waals surface area contributed by atoms with Crippen LogP contribution in [0.3, 0.4) is 0 Å². The van der Waals surface area contributed by atoms with Crippen LogP contribution in [-0.4, -0.2) is 31.2 Å². The summed E-state index contributed by atoms with van der Waals surface area (Å²) < 4.78 is 11.1. The van der Waals surface area contributed by atoms with Crippen molar-refractivity contribution >= 4 is 27.7 Å². The summed E-state index contributed by atoms with van der Waals surface area (Å²) in [7, 11) is 3.27. The average Bonchev–Trinajstić information content (AvgIpc) is 2.19. The zero-order valence-electron chi connectivity index (χ0n) is 8.07. The van der Waals surface area contributed by atoms with Gasteiger partial charge in [0, 0.05) is 41.7 Å². The zero-order valence-corrected chi connectivity index (χ0v) is 10.5. The van der Waals surface area contributed by atoms with E-state index in [0.717, 1.165) is 15.1 Å². The third-order valence-corrected chi connectivity index (χ3v) is 3.02. The molecule has 5 heteroatoms. The zero-order chi connectivity index (χ0) is 10.4. The maximum absolute atomic E-state index is 5.08. The Kier molecular flexibility index (Phi) is 5.47. The van der Waals surface area contributed by atoms with Crippen LogP contribution in [-0.2, 0) is 9.47 Å². The van der Waals surface area contributed by atoms with E-state index in [0.29, 0.717) is 0 Å². The van der Waals surface area contributed by atoms with Gasteiger partial charge in [0.2, 0.25) is 0 Å². The van der Waals surface area contributed by atoms with Gasteiger partial charge in [-0.05, 0) is 22.0 Å². The first-order chi connectivity index (χ1) is 6.76. The van der Waals surface area contributed by atoms with Crippen molar-refractivity contribution in [3.63, 3.8) is 0 Å². The van der Waals surface area contributed by atoms with Crippen molar-refractivity contribution < 1.29 is 9.47 Å². The van der Waals surface area contributed by atoms with Crippen molar-refractivity contribution in [1.82, 2.24) is 4.98 Å². The molecule has 0 aromatic carbocycles. The van der Waals surface area contributed by atoms with Gasteiger partial charge in [-0.15, -0.1) is 11.8 Å². The summed E-state index contributed by atoms with van der Waals surface area (Å²) in [5.41, 5.74) is 0. The van der Waals surface area contributed by atoms with Gasteiger partial charge in [-0.3, -0.25) is 4.98 Å². The fraction of sp³-hybridized carbons (Fsp3) is 0.444. The lowest BCUT2D eigenvalue weighted by Gasteiger charge is -2.12. The topological polar surface area (TPSA) is 31.4 Å². The van der Waals surface area contributed by atoms with Gasteiger partial charge >= 0.3 is 0 Å². The van der Waals surface area contributed by atoms with Gasteiger partial charge in [0.1, 0.15) is 0 Å². The lowest BCUT2D eigenvalue weighted by molar-refractivity contribution is -0.0842. The molecule has 0 saturated carbocycles. The number of hydrogen-bond donors (Lipinski definition) is 0. The van der Waals surface area contributed by atoms with E-state index in [9.17, 15) is 0 Å². The third-order valence-electron chi connectivity index (χ3n) is 1.59. The molecular formula is C9H12BrNO2S. The van der Waals surface area contributed by atoms with Gasteiger partial charge in [-0.25, -0.2) is 0 Å². The minimum atomic E-state index is -0.168. The molecule has 1 rings (SSSR count). The minimum absolute atomic E-state index is 0.168. The number of thioether (sulfide) groups is 1. The van der Waals surface area contributed by atoms with Crippen LogP contribution in [0.1, 0.15) is 0 Å². The Labute approximate surface area is 96.3 Å². The molecular weight excluding hydrogens is 266 g/mol. The highest BCUT2D eigenvalue weighted by atomic mass is 79.9. The second kappa shape index (κ2) is 6.40. The molecule has 0 unspecified atom stereocenters. The van der Waals surface area contributed by atoms with E-state index in [4.69, 9.17) is 9.47 Å². The molecule has 0 aliphatic carbocycles. The monoisotopic (exact) mass is 277 g/mol. The van der Waals surface area contributed by atoms with E-state index < -0.39 is 0 Å². The third kappa shape index (κ3) is 3.96. The lowest BCUT2D eigenvalue weighted by Crippen LogP contribution is -2.15. The molecule has 78 valence electrons. The van der Waals surface area contributed by atoms with Crippen molar-refractivity contribution in [2.45, 2.75) is 11.2 Å². The first-order valence-electron chi connectivity index (χ1n) is 4.05. The van der Waals surface area contributed by atoms with Crippen LogP contribution in [0.2, 0.25) is 0 Å². The summed E-state index contributed by atoms with van der Waals surface area (Å²) >= 11 is 5.01. The highest BCUT2D eigenvalue weighted by Crippen LogP contribution is 2.21. The number of hydrogen-bond acceptors (Lipinski definition) is 4. The van der Waals surface area contributed by atoms with Gasteiger partial charge < -0.3 is 9.47 Å². The average molecular weight is 278 g/mol. The molecule has 0 amide bonds. The van der Waals surface area contributed by atoms with Crippen LogP contribution in [0.25, 0.3) is 0 Å². The smallest absolute Gasteiger partial charge is 0.166 e. The predicted molar refractivity (Wildman–Crippen MR) is 60.5 cm³/mol. The number of halogens is 1. The maximum Gasteiger partial charge on any atom is 0.166 e. The summed E-state index contributed by atoms with van der Waals surface area (Å²) in [6, 6.07) is 2.01. The SMILES string of the molecule is COC(CSc1cncc(Br)c1)OC. The normalized spacial score (nSPS) is 10.9. The van der Waals surface area contributed by atoms with Gasteiger partial charge in [-0.2, -0.15) is 0 Å². The Bertz CT molecular complexity index is 281. The second-order valence-corrected chi connectivity index (χ2v) is 4.56. The van der Waals surface area contributed by atoms with E-state index in [1.807, 2.05) is 12.3 Å². The van der Waals surface area contributed by atoms with Crippen molar-refractivity contribution in [2.75, 3.05) is 20.0 Å². The van der Waals surface area contributed by atoms with Crippen LogP contribution >= 0.6 is 27.7 Å². The molecule has 0 aliphatic heterocycles. The van der Waals surface area contributed by atoms with E-state index in [2.05, 4.69) is 20.9 Å². The summed E-state index contributed by atoms with van der Waals surface area (Å²) in [5, 5.41) is 0. The number of rotatable bonds is 5. The van der Waals surface area contributed by atoms with Crippen LogP contribution < -0.4 is 0 Å². The molecule has 0 atom stereocenters. The van der Waals surface area contributed by atoms with E-state index in [1.165, 1.54) is 0 Å². The standard InChI is InChI=1S/C9H12BrNO2S/c1-12-9(13-2)6-14-8-3-7(10)4-11-5-8/h3-5,9H,6H2,1-2H3. The quantitative estimate of drug-likeness (QED) is 0.612. The number of methoxy groups -OCH3 is 2. The molecule has 1 heterocycles. The number of ether oxygens (including phenoxy) is 2. The Hall–Kier alpha value is -0.100. The summed E-state index contributed by atoms with van der Waals surface area (Å²) in [4.78, 5) is 5.16. The van der Waals surface area contributed by atoms with E-state index >= 15 is 0 Å². The van der Waals surface area contributed by atoms with Gasteiger partial charge in [0.15, 0.2) is 6.29 Å². The lowest BCUT2D eigenvalue weighted by atomic mass is 10.5. The van der Waals surface area contributed by atoms with E-state index in [1.54, 1.807) is 32.2 Å². The molecule has 0 spiro atoms. The maximum atomic E-state index is 5.08. The van der Waals surface area contributed by atoms with Crippen molar-refractivity contribution in [3.05, 3.63) is 22.9 Å². The molecule has 0 aliphatic rings. The Balaban J connectivity index is 2.44. The largest absolute Gasteiger partial charge is 0.355 e. The fourth-order valence-corrected chi connectivity index (χ4v) is 2.33. The molecule has 0 radical (unpaired) electrons. The Morgan fingerprint density at radius 3 is 2.71 bits per heavy atom. The second-order valence-electron chi connectivity index (χ2n) is 2.55. The summed E-state index contributed by atoms with van der Waals surface area (Å²) in [6.45, 7) is 0. The van der Waals surface area contributed by atoms with Crippen LogP contribution in [0.15, 0.2) is 27.8 Å². The molecule has 0 bridgehead atoms. The first-order valence-corrected chi connectivity index (χ1v) is 5.83. The van der Waals surface area contributed by atoms with Crippen molar-refractivity contribution in [2.24, 2.45) is 0 Å². The van der Waals surface area contributed by atoms with Crippen LogP contribution in [0, 0.1) is 0 Å². The molecule has 3 nitrogen and oxygen atoms in total. The summed E-state index contributed by atoms with van der Waals surface area (Å²) in [5.74, 6) is 0.755. The Morgan fingerprint density at radius 2 is 2.14 bits per heavy atom. The van der Waals surface area contributed by atoms with Crippen molar-refractivity contribution in [1.29, 1.82) is 0 Å². The number of pyridine rings is 1. The Morgan fingerprint density at radius 1 is 1.43 bits per heavy atom. The molecule has 14 heavy (non-hydrogen) atoms. The molecule has 0 fully saturated rings. The van der Waals surface area contributed by atoms with E-state index in [-0.39, 0.29) is 6.29 Å². The van der Waals surface area contributed by atoms with Gasteiger partial charge in [-0.1, -0.05) is 0 Å². The van der Waals surface area contributed by atoms with Gasteiger partial charge in [0.05, 0.1) is 0 Å². The fourth-order valence-electron chi connectivity index (χ4n) is 0.868.